The summed E-state index contributed by atoms with van der Waals surface area (Å²) in [6, 6.07) is 22.9. The zero-order valence-corrected chi connectivity index (χ0v) is 22.2. The summed E-state index contributed by atoms with van der Waals surface area (Å²) >= 11 is 0. The first-order valence-corrected chi connectivity index (χ1v) is 13.4. The summed E-state index contributed by atoms with van der Waals surface area (Å²) in [5.41, 5.74) is 4.99. The lowest BCUT2D eigenvalue weighted by molar-refractivity contribution is -0.119. The Hall–Kier alpha value is -4.06. The highest BCUT2D eigenvalue weighted by atomic mass is 16.5. The maximum absolute atomic E-state index is 14.1. The maximum Gasteiger partial charge on any atom is 0.227 e. The van der Waals surface area contributed by atoms with Crippen molar-refractivity contribution >= 4 is 23.1 Å². The Labute approximate surface area is 224 Å². The number of carbonyl (C=O) groups is 2. The first-order chi connectivity index (χ1) is 18.5. The van der Waals surface area contributed by atoms with Gasteiger partial charge in [0.2, 0.25) is 5.91 Å². The fourth-order valence-corrected chi connectivity index (χ4v) is 5.49. The van der Waals surface area contributed by atoms with Gasteiger partial charge in [-0.05, 0) is 54.7 Å². The number of hydrogen-bond acceptors (Lipinski definition) is 5. The Morgan fingerprint density at radius 3 is 2.45 bits per heavy atom. The van der Waals surface area contributed by atoms with Gasteiger partial charge in [0, 0.05) is 29.7 Å². The largest absolute Gasteiger partial charge is 0.497 e. The number of benzene rings is 3. The summed E-state index contributed by atoms with van der Waals surface area (Å²) in [5, 5.41) is 3.58. The van der Waals surface area contributed by atoms with E-state index in [1.165, 1.54) is 0 Å². The zero-order chi connectivity index (χ0) is 26.6. The Morgan fingerprint density at radius 1 is 0.974 bits per heavy atom. The molecular formula is C32H34N2O4. The molecule has 0 radical (unpaired) electrons. The number of anilines is 2. The third kappa shape index (κ3) is 4.78. The molecule has 1 aliphatic heterocycles. The Kier molecular flexibility index (Phi) is 7.50. The number of carbonyl (C=O) groups excluding carboxylic acids is 2. The fourth-order valence-electron chi connectivity index (χ4n) is 5.49. The van der Waals surface area contributed by atoms with E-state index in [0.717, 1.165) is 40.4 Å². The summed E-state index contributed by atoms with van der Waals surface area (Å²) in [6.07, 6.45) is 2.20. The van der Waals surface area contributed by atoms with Crippen LogP contribution in [0.3, 0.4) is 0 Å². The maximum atomic E-state index is 14.1. The lowest BCUT2D eigenvalue weighted by Gasteiger charge is -2.35. The van der Waals surface area contributed by atoms with Crippen LogP contribution in [-0.2, 0) is 9.59 Å². The number of allylic oxidation sites excluding steroid dienone is 1. The van der Waals surface area contributed by atoms with Crippen molar-refractivity contribution < 1.29 is 19.1 Å². The topological polar surface area (TPSA) is 67.9 Å². The van der Waals surface area contributed by atoms with Gasteiger partial charge in [-0.25, -0.2) is 0 Å². The first-order valence-electron chi connectivity index (χ1n) is 13.4. The van der Waals surface area contributed by atoms with Gasteiger partial charge < -0.3 is 14.8 Å². The van der Waals surface area contributed by atoms with Gasteiger partial charge in [0.1, 0.15) is 11.5 Å². The second-order valence-electron chi connectivity index (χ2n) is 9.74. The van der Waals surface area contributed by atoms with E-state index in [0.29, 0.717) is 37.2 Å². The second kappa shape index (κ2) is 11.1. The van der Waals surface area contributed by atoms with E-state index in [4.69, 9.17) is 9.47 Å². The van der Waals surface area contributed by atoms with Crippen LogP contribution in [-0.4, -0.2) is 25.4 Å². The number of nitrogens with one attached hydrogen (secondary N) is 1. The summed E-state index contributed by atoms with van der Waals surface area (Å²) in [7, 11) is 1.65. The molecule has 3 aromatic rings. The Balaban J connectivity index is 1.69. The highest BCUT2D eigenvalue weighted by molar-refractivity contribution is 6.06. The third-order valence-electron chi connectivity index (χ3n) is 7.32. The molecule has 0 unspecified atom stereocenters. The van der Waals surface area contributed by atoms with Crippen LogP contribution >= 0.6 is 0 Å². The van der Waals surface area contributed by atoms with Crippen LogP contribution in [0.25, 0.3) is 0 Å². The molecule has 6 heteroatoms. The summed E-state index contributed by atoms with van der Waals surface area (Å²) < 4.78 is 11.5. The Bertz CT molecular complexity index is 1360. The standard InChI is InChI=1S/C32H34N2O4/c1-4-18-38-29-13-9-6-10-24(29)32-31-26(33-25-11-7-8-12-27(25)34(32)30(36)5-2)19-22(20-28(31)35)21-14-16-23(37-3)17-15-21/h6-17,22,32-33H,4-5,18-20H2,1-3H3/t22-,32-/m0/s1. The molecule has 0 spiro atoms. The number of nitrogens with zero attached hydrogens (tertiary/aromatic N) is 1. The molecule has 1 amide bonds. The fraction of sp³-hybridized carbons (Fsp3) is 0.312. The lowest BCUT2D eigenvalue weighted by Crippen LogP contribution is -2.38. The van der Waals surface area contributed by atoms with Crippen LogP contribution in [0.5, 0.6) is 11.5 Å². The van der Waals surface area contributed by atoms with Crippen molar-refractivity contribution in [2.24, 2.45) is 0 Å². The van der Waals surface area contributed by atoms with Gasteiger partial charge in [0.15, 0.2) is 5.78 Å². The molecule has 2 atom stereocenters. The summed E-state index contributed by atoms with van der Waals surface area (Å²) in [6.45, 7) is 4.48. The SMILES string of the molecule is CCCOc1ccccc1[C@H]1C2=C(C[C@H](c3ccc(OC)cc3)CC2=O)Nc2ccccc2N1C(=O)CC. The minimum Gasteiger partial charge on any atom is -0.497 e. The van der Waals surface area contributed by atoms with Gasteiger partial charge in [-0.1, -0.05) is 56.3 Å². The van der Waals surface area contributed by atoms with E-state index in [1.54, 1.807) is 12.0 Å². The van der Waals surface area contributed by atoms with Crippen molar-refractivity contribution in [2.45, 2.75) is 51.5 Å². The molecule has 1 heterocycles. The third-order valence-corrected chi connectivity index (χ3v) is 7.32. The number of Topliss-reactive ketones (excluding diaryl/α,β-unsaturated/α-hetero) is 1. The average molecular weight is 511 g/mol. The predicted octanol–water partition coefficient (Wildman–Crippen LogP) is 6.79. The van der Waals surface area contributed by atoms with Crippen LogP contribution in [0.1, 0.15) is 62.6 Å². The van der Waals surface area contributed by atoms with Crippen molar-refractivity contribution in [2.75, 3.05) is 23.9 Å². The molecule has 38 heavy (non-hydrogen) atoms. The summed E-state index contributed by atoms with van der Waals surface area (Å²) in [4.78, 5) is 29.5. The first kappa shape index (κ1) is 25.6. The van der Waals surface area contributed by atoms with E-state index < -0.39 is 6.04 Å². The second-order valence-corrected chi connectivity index (χ2v) is 9.74. The molecule has 0 fully saturated rings. The van der Waals surface area contributed by atoms with Crippen molar-refractivity contribution in [1.29, 1.82) is 0 Å². The monoisotopic (exact) mass is 510 g/mol. The van der Waals surface area contributed by atoms with Crippen molar-refractivity contribution in [3.8, 4) is 11.5 Å². The highest BCUT2D eigenvalue weighted by Crippen LogP contribution is 2.49. The van der Waals surface area contributed by atoms with Crippen molar-refractivity contribution in [1.82, 2.24) is 0 Å². The molecule has 0 aromatic heterocycles. The average Bonchev–Trinajstić information content (AvgIpc) is 3.10. The van der Waals surface area contributed by atoms with Gasteiger partial charge in [-0.2, -0.15) is 0 Å². The smallest absolute Gasteiger partial charge is 0.227 e. The van der Waals surface area contributed by atoms with Gasteiger partial charge in [0.05, 0.1) is 31.1 Å². The lowest BCUT2D eigenvalue weighted by atomic mass is 9.78. The normalized spacial score (nSPS) is 18.7. The molecule has 0 saturated carbocycles. The molecule has 2 aliphatic rings. The molecule has 196 valence electrons. The predicted molar refractivity (Wildman–Crippen MR) is 150 cm³/mol. The number of amides is 1. The van der Waals surface area contributed by atoms with Crippen LogP contribution in [0.4, 0.5) is 11.4 Å². The highest BCUT2D eigenvalue weighted by Gasteiger charge is 2.42. The minimum absolute atomic E-state index is 0.0208. The number of para-hydroxylation sites is 3. The van der Waals surface area contributed by atoms with Gasteiger partial charge in [-0.15, -0.1) is 0 Å². The number of fused-ring (bicyclic) bond motifs is 1. The van der Waals surface area contributed by atoms with Crippen LogP contribution in [0.15, 0.2) is 84.1 Å². The van der Waals surface area contributed by atoms with Crippen LogP contribution < -0.4 is 19.7 Å². The van der Waals surface area contributed by atoms with Crippen molar-refractivity contribution in [3.05, 3.63) is 95.2 Å². The molecule has 3 aromatic carbocycles. The number of hydrogen-bond donors (Lipinski definition) is 1. The van der Waals surface area contributed by atoms with Gasteiger partial charge >= 0.3 is 0 Å². The van der Waals surface area contributed by atoms with E-state index in [1.807, 2.05) is 79.7 Å². The summed E-state index contributed by atoms with van der Waals surface area (Å²) in [5.74, 6) is 1.50. The van der Waals surface area contributed by atoms with Crippen LogP contribution in [0.2, 0.25) is 0 Å². The van der Waals surface area contributed by atoms with Gasteiger partial charge in [0.25, 0.3) is 0 Å². The Morgan fingerprint density at radius 2 is 1.71 bits per heavy atom. The van der Waals surface area contributed by atoms with E-state index in [9.17, 15) is 9.59 Å². The van der Waals surface area contributed by atoms with Crippen molar-refractivity contribution in [3.63, 3.8) is 0 Å². The van der Waals surface area contributed by atoms with Gasteiger partial charge in [-0.3, -0.25) is 14.5 Å². The molecule has 1 aliphatic carbocycles. The molecular weight excluding hydrogens is 476 g/mol. The quantitative estimate of drug-likeness (QED) is 0.379. The number of ether oxygens (including phenoxy) is 2. The zero-order valence-electron chi connectivity index (χ0n) is 22.2. The van der Waals surface area contributed by atoms with Crippen LogP contribution in [0, 0.1) is 0 Å². The molecule has 5 rings (SSSR count). The molecule has 0 saturated heterocycles. The molecule has 6 nitrogen and oxygen atoms in total. The number of ketones is 1. The number of rotatable bonds is 7. The van der Waals surface area contributed by atoms with E-state index in [-0.39, 0.29) is 17.6 Å². The van der Waals surface area contributed by atoms with E-state index >= 15 is 0 Å². The molecule has 0 bridgehead atoms. The minimum atomic E-state index is -0.592. The molecule has 1 N–H and O–H groups in total. The van der Waals surface area contributed by atoms with E-state index in [2.05, 4.69) is 12.2 Å². The number of methoxy groups -OCH3 is 1.